The molecule has 0 aliphatic rings. The Labute approximate surface area is 165 Å². The molecule has 2 N–H and O–H groups in total. The van der Waals surface area contributed by atoms with E-state index in [1.807, 2.05) is 37.7 Å². The van der Waals surface area contributed by atoms with E-state index in [1.165, 1.54) is 15.6 Å². The first-order valence-corrected chi connectivity index (χ1v) is 11.2. The van der Waals surface area contributed by atoms with Crippen LogP contribution in [0, 0.1) is 0 Å². The zero-order valence-corrected chi connectivity index (χ0v) is 17.9. The van der Waals surface area contributed by atoms with Crippen LogP contribution in [0.3, 0.4) is 0 Å². The average Bonchev–Trinajstić information content (AvgIpc) is 3.28. The second-order valence-corrected chi connectivity index (χ2v) is 9.19. The van der Waals surface area contributed by atoms with Gasteiger partial charge in [0, 0.05) is 44.8 Å². The van der Waals surface area contributed by atoms with Crippen LogP contribution in [0.15, 0.2) is 33.6 Å². The second-order valence-electron chi connectivity index (χ2n) is 5.86. The third kappa shape index (κ3) is 5.53. The monoisotopic (exact) mass is 412 g/mol. The van der Waals surface area contributed by atoms with E-state index in [1.54, 1.807) is 19.3 Å². The average molecular weight is 413 g/mol. The lowest BCUT2D eigenvalue weighted by atomic mass is 10.3. The van der Waals surface area contributed by atoms with Crippen LogP contribution in [0.2, 0.25) is 0 Å². The van der Waals surface area contributed by atoms with Gasteiger partial charge in [0.2, 0.25) is 0 Å². The Hall–Kier alpha value is -1.91. The van der Waals surface area contributed by atoms with Crippen LogP contribution in [-0.4, -0.2) is 55.1 Å². The number of aliphatic imine (C=N–C) groups is 1. The lowest BCUT2D eigenvalue weighted by Crippen LogP contribution is -2.38. The fraction of sp³-hybridized carbons (Fsp3) is 0.529. The van der Waals surface area contributed by atoms with Crippen LogP contribution in [0.25, 0.3) is 0 Å². The molecule has 10 heteroatoms. The van der Waals surface area contributed by atoms with Crippen LogP contribution in [0.4, 0.5) is 0 Å². The lowest BCUT2D eigenvalue weighted by Gasteiger charge is -2.16. The van der Waals surface area contributed by atoms with Crippen molar-refractivity contribution >= 4 is 27.3 Å². The molecule has 0 unspecified atom stereocenters. The number of aromatic nitrogens is 2. The molecule has 8 nitrogen and oxygen atoms in total. The molecule has 0 bridgehead atoms. The van der Waals surface area contributed by atoms with Crippen LogP contribution in [-0.2, 0) is 30.0 Å². The van der Waals surface area contributed by atoms with E-state index in [0.717, 1.165) is 17.0 Å². The summed E-state index contributed by atoms with van der Waals surface area (Å²) in [6.07, 6.45) is 2.48. The standard InChI is InChI=1S/C17H28N6O2S2/c1-5-23(6-2)27(24,25)16-8-7-15(26-16)10-11-19-17(18-3)20-13-14-9-12-21-22(14)4/h7-9,12H,5-6,10-11,13H2,1-4H3,(H2,18,19,20). The molecule has 0 fully saturated rings. The van der Waals surface area contributed by atoms with Gasteiger partial charge in [0.25, 0.3) is 10.0 Å². The quantitative estimate of drug-likeness (QED) is 0.480. The highest BCUT2D eigenvalue weighted by Crippen LogP contribution is 2.25. The molecular formula is C17H28N6O2S2. The minimum absolute atomic E-state index is 0.403. The van der Waals surface area contributed by atoms with Gasteiger partial charge in [-0.15, -0.1) is 11.3 Å². The van der Waals surface area contributed by atoms with E-state index in [4.69, 9.17) is 0 Å². The number of hydrogen-bond donors (Lipinski definition) is 2. The van der Waals surface area contributed by atoms with E-state index < -0.39 is 10.0 Å². The Bertz CT molecular complexity index is 852. The maximum Gasteiger partial charge on any atom is 0.252 e. The van der Waals surface area contributed by atoms with E-state index in [9.17, 15) is 8.42 Å². The van der Waals surface area contributed by atoms with E-state index in [2.05, 4.69) is 20.7 Å². The smallest absolute Gasteiger partial charge is 0.252 e. The van der Waals surface area contributed by atoms with Crippen molar-refractivity contribution in [2.45, 2.75) is 31.0 Å². The number of aryl methyl sites for hydroxylation is 1. The first-order chi connectivity index (χ1) is 12.9. The predicted molar refractivity (Wildman–Crippen MR) is 110 cm³/mol. The van der Waals surface area contributed by atoms with Crippen LogP contribution < -0.4 is 10.6 Å². The number of nitrogens with one attached hydrogen (secondary N) is 2. The molecule has 0 aromatic carbocycles. The van der Waals surface area contributed by atoms with Gasteiger partial charge in [-0.05, 0) is 24.6 Å². The maximum atomic E-state index is 12.5. The van der Waals surface area contributed by atoms with Gasteiger partial charge in [-0.25, -0.2) is 8.42 Å². The summed E-state index contributed by atoms with van der Waals surface area (Å²) in [5, 5.41) is 10.6. The van der Waals surface area contributed by atoms with Crippen molar-refractivity contribution in [3.05, 3.63) is 35.0 Å². The Morgan fingerprint density at radius 1 is 1.26 bits per heavy atom. The topological polar surface area (TPSA) is 91.6 Å². The maximum absolute atomic E-state index is 12.5. The second kappa shape index (κ2) is 9.86. The molecule has 2 aromatic heterocycles. The van der Waals surface area contributed by atoms with E-state index in [0.29, 0.717) is 36.3 Å². The molecule has 0 amide bonds. The van der Waals surface area contributed by atoms with Gasteiger partial charge in [0.1, 0.15) is 4.21 Å². The van der Waals surface area contributed by atoms with Gasteiger partial charge >= 0.3 is 0 Å². The van der Waals surface area contributed by atoms with Crippen LogP contribution in [0.1, 0.15) is 24.4 Å². The van der Waals surface area contributed by atoms with Crippen LogP contribution in [0.5, 0.6) is 0 Å². The first-order valence-electron chi connectivity index (χ1n) is 8.92. The Morgan fingerprint density at radius 2 is 2.00 bits per heavy atom. The Morgan fingerprint density at radius 3 is 2.59 bits per heavy atom. The molecular weight excluding hydrogens is 384 g/mol. The Kier molecular flexibility index (Phi) is 7.81. The predicted octanol–water partition coefficient (Wildman–Crippen LogP) is 1.42. The first kappa shape index (κ1) is 21.4. The SMILES string of the molecule is CCN(CC)S(=O)(=O)c1ccc(CCNC(=NC)NCc2ccnn2C)s1. The molecule has 2 aromatic rings. The largest absolute Gasteiger partial charge is 0.356 e. The molecule has 0 spiro atoms. The van der Waals surface area contributed by atoms with Gasteiger partial charge in [-0.3, -0.25) is 9.67 Å². The summed E-state index contributed by atoms with van der Waals surface area (Å²) in [6, 6.07) is 5.53. The number of sulfonamides is 1. The van der Waals surface area contributed by atoms with Gasteiger partial charge in [0.05, 0.1) is 12.2 Å². The molecule has 2 rings (SSSR count). The van der Waals surface area contributed by atoms with Gasteiger partial charge in [-0.1, -0.05) is 13.8 Å². The fourth-order valence-electron chi connectivity index (χ4n) is 2.60. The summed E-state index contributed by atoms with van der Waals surface area (Å²) < 4.78 is 28.8. The molecule has 150 valence electrons. The summed E-state index contributed by atoms with van der Waals surface area (Å²) in [6.45, 7) is 5.95. The molecule has 0 radical (unpaired) electrons. The molecule has 0 aliphatic heterocycles. The highest BCUT2D eigenvalue weighted by Gasteiger charge is 2.23. The molecule has 0 saturated heterocycles. The number of hydrogen-bond acceptors (Lipinski definition) is 5. The summed E-state index contributed by atoms with van der Waals surface area (Å²) in [7, 11) is 0.240. The molecule has 0 aliphatic carbocycles. The van der Waals surface area contributed by atoms with Gasteiger partial charge < -0.3 is 10.6 Å². The zero-order valence-electron chi connectivity index (χ0n) is 16.3. The van der Waals surface area contributed by atoms with Crippen molar-refractivity contribution in [3.63, 3.8) is 0 Å². The van der Waals surface area contributed by atoms with Crippen molar-refractivity contribution in [1.82, 2.24) is 24.7 Å². The minimum Gasteiger partial charge on any atom is -0.356 e. The highest BCUT2D eigenvalue weighted by molar-refractivity contribution is 7.91. The van der Waals surface area contributed by atoms with E-state index >= 15 is 0 Å². The fourth-order valence-corrected chi connectivity index (χ4v) is 5.56. The number of nitrogens with zero attached hydrogens (tertiary/aromatic N) is 4. The van der Waals surface area contributed by atoms with Crippen molar-refractivity contribution in [2.75, 3.05) is 26.7 Å². The zero-order chi connectivity index (χ0) is 19.9. The van der Waals surface area contributed by atoms with Crippen molar-refractivity contribution in [1.29, 1.82) is 0 Å². The Balaban J connectivity index is 1.86. The van der Waals surface area contributed by atoms with Gasteiger partial charge in [-0.2, -0.15) is 9.40 Å². The van der Waals surface area contributed by atoms with Gasteiger partial charge in [0.15, 0.2) is 5.96 Å². The summed E-state index contributed by atoms with van der Waals surface area (Å²) in [5.74, 6) is 0.698. The van der Waals surface area contributed by atoms with E-state index in [-0.39, 0.29) is 0 Å². The minimum atomic E-state index is -3.38. The summed E-state index contributed by atoms with van der Waals surface area (Å²) in [5.41, 5.74) is 1.06. The number of guanidine groups is 1. The summed E-state index contributed by atoms with van der Waals surface area (Å²) >= 11 is 1.33. The number of rotatable bonds is 9. The normalized spacial score (nSPS) is 12.6. The molecule has 27 heavy (non-hydrogen) atoms. The molecule has 2 heterocycles. The third-order valence-corrected chi connectivity index (χ3v) is 7.85. The summed E-state index contributed by atoms with van der Waals surface area (Å²) in [4.78, 5) is 5.23. The third-order valence-electron chi connectivity index (χ3n) is 4.18. The van der Waals surface area contributed by atoms with Crippen molar-refractivity contribution < 1.29 is 8.42 Å². The molecule has 0 saturated carbocycles. The molecule has 0 atom stereocenters. The highest BCUT2D eigenvalue weighted by atomic mass is 32.2. The van der Waals surface area contributed by atoms with Crippen molar-refractivity contribution in [3.8, 4) is 0 Å². The van der Waals surface area contributed by atoms with Crippen molar-refractivity contribution in [2.24, 2.45) is 12.0 Å². The number of thiophene rings is 1. The van der Waals surface area contributed by atoms with Crippen LogP contribution >= 0.6 is 11.3 Å². The lowest BCUT2D eigenvalue weighted by molar-refractivity contribution is 0.447.